The first-order valence-electron chi connectivity index (χ1n) is 10.6. The van der Waals surface area contributed by atoms with Gasteiger partial charge < -0.3 is 25.2 Å². The molecule has 0 aliphatic carbocycles. The van der Waals surface area contributed by atoms with Crippen LogP contribution in [0.4, 0.5) is 14.5 Å². The molecule has 33 heavy (non-hydrogen) atoms. The molecule has 0 saturated heterocycles. The second kappa shape index (κ2) is 10.9. The molecule has 2 aromatic carbocycles. The number of benzene rings is 2. The molecule has 0 aromatic heterocycles. The molecule has 0 fully saturated rings. The molecule has 176 valence electrons. The van der Waals surface area contributed by atoms with Gasteiger partial charge in [0.15, 0.2) is 11.6 Å². The van der Waals surface area contributed by atoms with Crippen molar-refractivity contribution < 1.29 is 33.3 Å². The molecule has 7 nitrogen and oxygen atoms in total. The zero-order valence-corrected chi connectivity index (χ0v) is 18.2. The van der Waals surface area contributed by atoms with Crippen LogP contribution in [0, 0.1) is 18.6 Å². The van der Waals surface area contributed by atoms with Crippen LogP contribution in [0.5, 0.6) is 5.75 Å². The van der Waals surface area contributed by atoms with Crippen LogP contribution < -0.4 is 15.0 Å². The summed E-state index contributed by atoms with van der Waals surface area (Å²) >= 11 is 0. The molecule has 2 heterocycles. The Hall–Kier alpha value is -3.46. The number of anilines is 1. The van der Waals surface area contributed by atoms with Crippen molar-refractivity contribution in [3.8, 4) is 5.75 Å². The number of carboxylic acid groups (broad SMARTS) is 2. The van der Waals surface area contributed by atoms with Crippen molar-refractivity contribution in [1.29, 1.82) is 0 Å². The summed E-state index contributed by atoms with van der Waals surface area (Å²) in [4.78, 5) is 21.3. The number of rotatable bonds is 4. The quantitative estimate of drug-likeness (QED) is 0.603. The molecule has 0 atom stereocenters. The van der Waals surface area contributed by atoms with Crippen LogP contribution in [0.15, 0.2) is 36.4 Å². The molecule has 0 amide bonds. The van der Waals surface area contributed by atoms with E-state index in [9.17, 15) is 18.4 Å². The molecule has 0 saturated carbocycles. The Morgan fingerprint density at radius 3 is 2.45 bits per heavy atom. The van der Waals surface area contributed by atoms with Gasteiger partial charge in [-0.3, -0.25) is 0 Å². The third-order valence-corrected chi connectivity index (χ3v) is 5.52. The van der Waals surface area contributed by atoms with E-state index in [1.807, 2.05) is 0 Å². The van der Waals surface area contributed by atoms with Crippen molar-refractivity contribution in [2.24, 2.45) is 0 Å². The second-order valence-corrected chi connectivity index (χ2v) is 7.76. The van der Waals surface area contributed by atoms with Crippen molar-refractivity contribution in [3.05, 3.63) is 70.3 Å². The van der Waals surface area contributed by atoms with Crippen LogP contribution >= 0.6 is 0 Å². The lowest BCUT2D eigenvalue weighted by Gasteiger charge is -2.34. The number of nitrogens with one attached hydrogen (secondary N) is 1. The normalized spacial score (nSPS) is 14.9. The van der Waals surface area contributed by atoms with Crippen LogP contribution in [0.1, 0.15) is 22.3 Å². The number of carboxylic acids is 2. The minimum atomic E-state index is -1.26. The summed E-state index contributed by atoms with van der Waals surface area (Å²) in [7, 11) is 0. The van der Waals surface area contributed by atoms with E-state index in [0.717, 1.165) is 49.5 Å². The molecular weight excluding hydrogens is 434 g/mol. The molecule has 2 aliphatic rings. The first-order chi connectivity index (χ1) is 15.8. The van der Waals surface area contributed by atoms with Gasteiger partial charge in [-0.1, -0.05) is 6.07 Å². The average molecular weight is 460 g/mol. The zero-order chi connectivity index (χ0) is 24.0. The predicted molar refractivity (Wildman–Crippen MR) is 119 cm³/mol. The third-order valence-electron chi connectivity index (χ3n) is 5.52. The standard InChI is InChI=1S/C20H22F2N2O.C4H4O4/c1-13-16-5-7-23-6-4-15(16)11-19-20(13)24(8-9-25-19)12-14-2-3-17(21)18(22)10-14;5-3(6)1-2-4(7)8/h2-3,10-11,23H,4-9,12H2,1H3;1-2H,(H,5,6)(H,7,8)/b;2-1+. The highest BCUT2D eigenvalue weighted by Crippen LogP contribution is 2.40. The fourth-order valence-electron chi connectivity index (χ4n) is 4.05. The van der Waals surface area contributed by atoms with E-state index in [4.69, 9.17) is 14.9 Å². The lowest BCUT2D eigenvalue weighted by atomic mass is 9.94. The Morgan fingerprint density at radius 1 is 1.09 bits per heavy atom. The fourth-order valence-corrected chi connectivity index (χ4v) is 4.05. The van der Waals surface area contributed by atoms with Gasteiger partial charge in [0.05, 0.1) is 12.2 Å². The van der Waals surface area contributed by atoms with Crippen LogP contribution in [-0.4, -0.2) is 48.4 Å². The number of halogens is 2. The van der Waals surface area contributed by atoms with Crippen molar-refractivity contribution in [1.82, 2.24) is 5.32 Å². The van der Waals surface area contributed by atoms with Crippen LogP contribution in [0.3, 0.4) is 0 Å². The highest BCUT2D eigenvalue weighted by molar-refractivity contribution is 5.89. The Morgan fingerprint density at radius 2 is 1.79 bits per heavy atom. The number of ether oxygens (including phenoxy) is 1. The third kappa shape index (κ3) is 6.29. The molecule has 0 spiro atoms. The number of aliphatic carboxylic acids is 2. The molecular formula is C24H26F2N2O5. The van der Waals surface area contributed by atoms with Crippen molar-refractivity contribution in [2.45, 2.75) is 26.3 Å². The molecule has 2 aliphatic heterocycles. The van der Waals surface area contributed by atoms with E-state index in [0.29, 0.717) is 25.3 Å². The van der Waals surface area contributed by atoms with E-state index in [1.165, 1.54) is 28.8 Å². The molecule has 3 N–H and O–H groups in total. The smallest absolute Gasteiger partial charge is 0.328 e. The number of hydrogen-bond acceptors (Lipinski definition) is 5. The van der Waals surface area contributed by atoms with Gasteiger partial charge in [-0.25, -0.2) is 18.4 Å². The molecule has 0 unspecified atom stereocenters. The Bertz CT molecular complexity index is 1060. The average Bonchev–Trinajstić information content (AvgIpc) is 3.01. The van der Waals surface area contributed by atoms with E-state index in [2.05, 4.69) is 23.2 Å². The lowest BCUT2D eigenvalue weighted by molar-refractivity contribution is -0.134. The summed E-state index contributed by atoms with van der Waals surface area (Å²) in [5.41, 5.74) is 5.86. The minimum absolute atomic E-state index is 0.547. The van der Waals surface area contributed by atoms with Gasteiger partial charge in [0.2, 0.25) is 0 Å². The maximum atomic E-state index is 13.6. The van der Waals surface area contributed by atoms with Crippen LogP contribution in [-0.2, 0) is 29.0 Å². The summed E-state index contributed by atoms with van der Waals surface area (Å²) in [6.07, 6.45) is 3.13. The van der Waals surface area contributed by atoms with Crippen molar-refractivity contribution in [2.75, 3.05) is 31.1 Å². The monoisotopic (exact) mass is 460 g/mol. The van der Waals surface area contributed by atoms with Crippen LogP contribution in [0.2, 0.25) is 0 Å². The van der Waals surface area contributed by atoms with E-state index in [1.54, 1.807) is 6.07 Å². The van der Waals surface area contributed by atoms with Crippen molar-refractivity contribution >= 4 is 17.6 Å². The largest absolute Gasteiger partial charge is 0.490 e. The Balaban J connectivity index is 0.000000331. The van der Waals surface area contributed by atoms with E-state index >= 15 is 0 Å². The molecule has 0 radical (unpaired) electrons. The first kappa shape index (κ1) is 24.2. The van der Waals surface area contributed by atoms with E-state index in [-0.39, 0.29) is 0 Å². The number of fused-ring (bicyclic) bond motifs is 2. The highest BCUT2D eigenvalue weighted by Gasteiger charge is 2.25. The van der Waals surface area contributed by atoms with Crippen molar-refractivity contribution in [3.63, 3.8) is 0 Å². The second-order valence-electron chi connectivity index (χ2n) is 7.76. The lowest BCUT2D eigenvalue weighted by Crippen LogP contribution is -2.33. The highest BCUT2D eigenvalue weighted by atomic mass is 19.2. The molecule has 0 bridgehead atoms. The van der Waals surface area contributed by atoms with Gasteiger partial charge in [0.1, 0.15) is 12.4 Å². The number of hydrogen-bond donors (Lipinski definition) is 3. The Kier molecular flexibility index (Phi) is 8.00. The van der Waals surface area contributed by atoms with Gasteiger partial charge in [-0.15, -0.1) is 0 Å². The van der Waals surface area contributed by atoms with Gasteiger partial charge in [-0.2, -0.15) is 0 Å². The summed E-state index contributed by atoms with van der Waals surface area (Å²) in [5, 5.41) is 19.1. The summed E-state index contributed by atoms with van der Waals surface area (Å²) in [5.74, 6) is -3.21. The van der Waals surface area contributed by atoms with Gasteiger partial charge in [-0.05, 0) is 73.3 Å². The van der Waals surface area contributed by atoms with Gasteiger partial charge in [0.25, 0.3) is 0 Å². The predicted octanol–water partition coefficient (Wildman–Crippen LogP) is 3.07. The molecule has 4 rings (SSSR count). The summed E-state index contributed by atoms with van der Waals surface area (Å²) in [6, 6.07) is 6.30. The SMILES string of the molecule is Cc1c2c(cc3c1N(Cc1ccc(F)c(F)c1)CCO3)CCNCC2.O=C(O)/C=C/C(=O)O. The molecule has 9 heteroatoms. The van der Waals surface area contributed by atoms with E-state index < -0.39 is 23.6 Å². The Labute approximate surface area is 190 Å². The summed E-state index contributed by atoms with van der Waals surface area (Å²) < 4.78 is 32.7. The number of nitrogens with zero attached hydrogens (tertiary/aromatic N) is 1. The summed E-state index contributed by atoms with van der Waals surface area (Å²) in [6.45, 7) is 6.01. The van der Waals surface area contributed by atoms with Gasteiger partial charge in [0, 0.05) is 18.7 Å². The maximum Gasteiger partial charge on any atom is 0.328 e. The molecule has 2 aromatic rings. The first-order valence-corrected chi connectivity index (χ1v) is 10.6. The topological polar surface area (TPSA) is 99.1 Å². The number of carbonyl (C=O) groups is 2. The fraction of sp³-hybridized carbons (Fsp3) is 0.333. The van der Waals surface area contributed by atoms with Crippen LogP contribution in [0.25, 0.3) is 0 Å². The maximum absolute atomic E-state index is 13.6. The minimum Gasteiger partial charge on any atom is -0.490 e. The van der Waals surface area contributed by atoms with Gasteiger partial charge >= 0.3 is 11.9 Å². The zero-order valence-electron chi connectivity index (χ0n) is 18.2.